The summed E-state index contributed by atoms with van der Waals surface area (Å²) in [5, 5.41) is 0. The number of carbonyl (C=O) groups excluding carboxylic acids is 2. The van der Waals surface area contributed by atoms with E-state index < -0.39 is 11.2 Å². The Morgan fingerprint density at radius 2 is 2.15 bits per heavy atom. The van der Waals surface area contributed by atoms with Crippen molar-refractivity contribution in [3.63, 3.8) is 0 Å². The fourth-order valence-electron chi connectivity index (χ4n) is 3.57. The van der Waals surface area contributed by atoms with Crippen molar-refractivity contribution in [2.45, 2.75) is 31.0 Å². The number of ketones is 2. The summed E-state index contributed by atoms with van der Waals surface area (Å²) in [5.74, 6) is 0.128. The van der Waals surface area contributed by atoms with Crippen LogP contribution in [0.1, 0.15) is 19.8 Å². The van der Waals surface area contributed by atoms with Gasteiger partial charge in [0.05, 0.1) is 5.92 Å². The van der Waals surface area contributed by atoms with Crippen LogP contribution in [0.5, 0.6) is 0 Å². The van der Waals surface area contributed by atoms with Crippen molar-refractivity contribution >= 4 is 23.3 Å². The summed E-state index contributed by atoms with van der Waals surface area (Å²) < 4.78 is 11.2. The highest BCUT2D eigenvalue weighted by molar-refractivity contribution is 7.98. The summed E-state index contributed by atoms with van der Waals surface area (Å²) in [5.41, 5.74) is -2.01. The van der Waals surface area contributed by atoms with Gasteiger partial charge in [-0.25, -0.2) is 0 Å². The van der Waals surface area contributed by atoms with E-state index in [2.05, 4.69) is 0 Å². The second-order valence-corrected chi connectivity index (χ2v) is 6.29. The average Bonchev–Trinajstić information content (AvgIpc) is 2.50. The predicted octanol–water partition coefficient (Wildman–Crippen LogP) is 1.87. The number of hydrogen-bond acceptors (Lipinski definition) is 5. The Morgan fingerprint density at radius 1 is 1.45 bits per heavy atom. The van der Waals surface area contributed by atoms with Crippen LogP contribution in [0.2, 0.25) is 0 Å². The lowest BCUT2D eigenvalue weighted by Gasteiger charge is -2.54. The molecule has 0 heterocycles. The minimum Gasteiger partial charge on any atom is -0.369 e. The molecule has 5 heteroatoms. The number of hydrogen-bond donors (Lipinski definition) is 0. The van der Waals surface area contributed by atoms with E-state index in [0.29, 0.717) is 18.6 Å². The molecule has 1 fully saturated rings. The highest BCUT2D eigenvalue weighted by Crippen LogP contribution is 2.51. The number of ether oxygens (including phenoxy) is 2. The molecule has 112 valence electrons. The van der Waals surface area contributed by atoms with Crippen LogP contribution in [-0.4, -0.2) is 49.0 Å². The van der Waals surface area contributed by atoms with Gasteiger partial charge in [-0.1, -0.05) is 13.0 Å². The molecule has 4 nitrogen and oxygen atoms in total. The zero-order valence-electron chi connectivity index (χ0n) is 12.5. The summed E-state index contributed by atoms with van der Waals surface area (Å²) in [6.07, 6.45) is 6.76. The fourth-order valence-corrected chi connectivity index (χ4v) is 4.46. The smallest absolute Gasteiger partial charge is 0.202 e. The Bertz CT molecular complexity index is 447. The Balaban J connectivity index is 2.50. The van der Waals surface area contributed by atoms with Crippen LogP contribution < -0.4 is 0 Å². The maximum atomic E-state index is 13.0. The molecule has 0 aromatic heterocycles. The molecule has 0 aliphatic heterocycles. The molecule has 0 aromatic carbocycles. The Hall–Kier alpha value is -0.650. The molecule has 20 heavy (non-hydrogen) atoms. The monoisotopic (exact) mass is 298 g/mol. The second-order valence-electron chi connectivity index (χ2n) is 5.43. The Kier molecular flexibility index (Phi) is 4.42. The first kappa shape index (κ1) is 15.7. The summed E-state index contributed by atoms with van der Waals surface area (Å²) in [4.78, 5) is 25.3. The molecule has 4 atom stereocenters. The van der Waals surface area contributed by atoms with Crippen molar-refractivity contribution in [3.05, 3.63) is 12.2 Å². The van der Waals surface area contributed by atoms with Crippen LogP contribution in [-0.2, 0) is 19.1 Å². The van der Waals surface area contributed by atoms with Gasteiger partial charge in [0.15, 0.2) is 5.60 Å². The number of Topliss-reactive ketones (excluding diaryl/α,β-unsaturated/α-hetero) is 2. The standard InChI is InChI=1S/C15H22O4S/c1-5-12(16)11-8-10-6-7-14(11,18-2)13(17)15(10,19-3)9-20-4/h6-7,10-11H,5,8-9H2,1-4H3/t10-,11-,14-,15+/m1/s1. The van der Waals surface area contributed by atoms with Crippen molar-refractivity contribution in [1.29, 1.82) is 0 Å². The van der Waals surface area contributed by atoms with Crippen LogP contribution >= 0.6 is 11.8 Å². The fraction of sp³-hybridized carbons (Fsp3) is 0.733. The maximum Gasteiger partial charge on any atom is 0.202 e. The minimum absolute atomic E-state index is 0.0509. The molecule has 3 aliphatic rings. The van der Waals surface area contributed by atoms with Gasteiger partial charge in [0.25, 0.3) is 0 Å². The van der Waals surface area contributed by atoms with Gasteiger partial charge >= 0.3 is 0 Å². The number of carbonyl (C=O) groups is 2. The van der Waals surface area contributed by atoms with Crippen LogP contribution in [0.25, 0.3) is 0 Å². The number of thioether (sulfide) groups is 1. The molecule has 0 radical (unpaired) electrons. The van der Waals surface area contributed by atoms with Gasteiger partial charge in [-0.05, 0) is 18.8 Å². The molecule has 0 amide bonds. The van der Waals surface area contributed by atoms with Crippen LogP contribution in [0.3, 0.4) is 0 Å². The maximum absolute atomic E-state index is 13.0. The van der Waals surface area contributed by atoms with Gasteiger partial charge in [-0.3, -0.25) is 9.59 Å². The average molecular weight is 298 g/mol. The third-order valence-corrected chi connectivity index (χ3v) is 5.44. The zero-order valence-corrected chi connectivity index (χ0v) is 13.3. The first-order valence-corrected chi connectivity index (χ1v) is 8.28. The molecule has 2 bridgehead atoms. The van der Waals surface area contributed by atoms with E-state index in [-0.39, 0.29) is 23.4 Å². The first-order valence-electron chi connectivity index (χ1n) is 6.88. The third-order valence-electron chi connectivity index (χ3n) is 4.72. The number of methoxy groups -OCH3 is 2. The summed E-state index contributed by atoms with van der Waals surface area (Å²) in [7, 11) is 3.08. The van der Waals surface area contributed by atoms with E-state index in [1.165, 1.54) is 7.11 Å². The SMILES string of the molecule is CCC(=O)[C@H]1C[C@H]2C=C[C@]1(OC)C(=O)[C@@]2(CSC)OC. The molecule has 3 aliphatic carbocycles. The van der Waals surface area contributed by atoms with Gasteiger partial charge in [-0.15, -0.1) is 0 Å². The second kappa shape index (κ2) is 5.62. The first-order chi connectivity index (χ1) is 9.52. The van der Waals surface area contributed by atoms with Crippen molar-refractivity contribution in [2.75, 3.05) is 26.2 Å². The summed E-state index contributed by atoms with van der Waals surface area (Å²) in [6.45, 7) is 1.83. The number of rotatable bonds is 6. The Labute approximate surface area is 124 Å². The zero-order chi connectivity index (χ0) is 15.0. The highest BCUT2D eigenvalue weighted by atomic mass is 32.2. The van der Waals surface area contributed by atoms with Crippen LogP contribution in [0.4, 0.5) is 0 Å². The van der Waals surface area contributed by atoms with Crippen molar-refractivity contribution in [1.82, 2.24) is 0 Å². The van der Waals surface area contributed by atoms with E-state index in [0.717, 1.165) is 0 Å². The Morgan fingerprint density at radius 3 is 2.65 bits per heavy atom. The molecule has 0 unspecified atom stereocenters. The minimum atomic E-state index is -1.15. The lowest BCUT2D eigenvalue weighted by Crippen LogP contribution is -2.69. The normalized spacial score (nSPS) is 39.3. The number of fused-ring (bicyclic) bond motifs is 2. The van der Waals surface area contributed by atoms with E-state index in [4.69, 9.17) is 9.47 Å². The van der Waals surface area contributed by atoms with Crippen molar-refractivity contribution in [2.24, 2.45) is 11.8 Å². The quantitative estimate of drug-likeness (QED) is 0.701. The molecule has 0 saturated heterocycles. The lowest BCUT2D eigenvalue weighted by atomic mass is 9.57. The lowest BCUT2D eigenvalue weighted by molar-refractivity contribution is -0.184. The van der Waals surface area contributed by atoms with E-state index in [1.54, 1.807) is 24.9 Å². The molecular formula is C15H22O4S. The summed E-state index contributed by atoms with van der Waals surface area (Å²) in [6, 6.07) is 0. The van der Waals surface area contributed by atoms with E-state index >= 15 is 0 Å². The molecule has 1 saturated carbocycles. The van der Waals surface area contributed by atoms with Gasteiger partial charge in [0, 0.05) is 32.3 Å². The molecule has 0 aromatic rings. The van der Waals surface area contributed by atoms with Crippen molar-refractivity contribution in [3.8, 4) is 0 Å². The molecular weight excluding hydrogens is 276 g/mol. The largest absolute Gasteiger partial charge is 0.369 e. The van der Waals surface area contributed by atoms with E-state index in [1.807, 2.05) is 19.3 Å². The third kappa shape index (κ3) is 1.90. The van der Waals surface area contributed by atoms with Gasteiger partial charge < -0.3 is 9.47 Å². The highest BCUT2D eigenvalue weighted by Gasteiger charge is 2.65. The van der Waals surface area contributed by atoms with Gasteiger partial charge in [0.2, 0.25) is 5.78 Å². The predicted molar refractivity (Wildman–Crippen MR) is 78.9 cm³/mol. The van der Waals surface area contributed by atoms with Crippen LogP contribution in [0, 0.1) is 11.8 Å². The topological polar surface area (TPSA) is 52.6 Å². The molecule has 0 N–H and O–H groups in total. The van der Waals surface area contributed by atoms with E-state index in [9.17, 15) is 9.59 Å². The summed E-state index contributed by atoms with van der Waals surface area (Å²) >= 11 is 1.58. The van der Waals surface area contributed by atoms with Gasteiger partial charge in [-0.2, -0.15) is 11.8 Å². The molecule has 0 spiro atoms. The van der Waals surface area contributed by atoms with Crippen molar-refractivity contribution < 1.29 is 19.1 Å². The van der Waals surface area contributed by atoms with Gasteiger partial charge in [0.1, 0.15) is 11.4 Å². The molecule has 3 rings (SSSR count). The van der Waals surface area contributed by atoms with Crippen LogP contribution in [0.15, 0.2) is 12.2 Å².